The molecule has 0 aliphatic rings. The number of aryl methyl sites for hydroxylation is 3. The van der Waals surface area contributed by atoms with Crippen molar-refractivity contribution in [3.8, 4) is 0 Å². The van der Waals surface area contributed by atoms with Crippen LogP contribution in [0.3, 0.4) is 0 Å². The van der Waals surface area contributed by atoms with Crippen molar-refractivity contribution >= 4 is 0 Å². The highest BCUT2D eigenvalue weighted by Crippen LogP contribution is 2.21. The Bertz CT molecular complexity index is 554. The maximum Gasteiger partial charge on any atom is 0.117 e. The molecule has 0 fully saturated rings. The van der Waals surface area contributed by atoms with Crippen LogP contribution in [0.25, 0.3) is 0 Å². The van der Waals surface area contributed by atoms with E-state index in [4.69, 9.17) is 4.42 Å². The minimum absolute atomic E-state index is 0.269. The summed E-state index contributed by atoms with van der Waals surface area (Å²) in [7, 11) is 0. The van der Waals surface area contributed by atoms with Gasteiger partial charge in [-0.15, -0.1) is 0 Å². The molecule has 0 saturated carbocycles. The zero-order chi connectivity index (χ0) is 14.0. The molecule has 0 radical (unpaired) electrons. The van der Waals surface area contributed by atoms with Gasteiger partial charge in [0.15, 0.2) is 0 Å². The summed E-state index contributed by atoms with van der Waals surface area (Å²) < 4.78 is 7.63. The minimum atomic E-state index is 0.269. The molecule has 4 nitrogen and oxygen atoms in total. The molecule has 0 aliphatic heterocycles. The van der Waals surface area contributed by atoms with E-state index in [1.807, 2.05) is 19.1 Å². The topological polar surface area (TPSA) is 43.0 Å². The van der Waals surface area contributed by atoms with E-state index >= 15 is 0 Å². The Morgan fingerprint density at radius 1 is 1.32 bits per heavy atom. The average molecular weight is 261 g/mol. The Kier molecular flexibility index (Phi) is 4.10. The third-order valence-electron chi connectivity index (χ3n) is 3.55. The van der Waals surface area contributed by atoms with Gasteiger partial charge in [0.25, 0.3) is 0 Å². The van der Waals surface area contributed by atoms with Crippen LogP contribution >= 0.6 is 0 Å². The van der Waals surface area contributed by atoms with Crippen molar-refractivity contribution in [1.29, 1.82) is 0 Å². The standard InChI is InChI=1S/C15H23N3O/c1-6-18-13(5)15(12(4)17-18)11(3)16-9-14-8-7-10(2)19-14/h7-8,11,16H,6,9H2,1-5H3. The van der Waals surface area contributed by atoms with Crippen molar-refractivity contribution in [3.63, 3.8) is 0 Å². The van der Waals surface area contributed by atoms with Gasteiger partial charge in [0, 0.05) is 23.8 Å². The van der Waals surface area contributed by atoms with E-state index in [9.17, 15) is 0 Å². The highest BCUT2D eigenvalue weighted by Gasteiger charge is 2.16. The zero-order valence-electron chi connectivity index (χ0n) is 12.4. The van der Waals surface area contributed by atoms with E-state index in [2.05, 4.69) is 42.8 Å². The first kappa shape index (κ1) is 13.9. The molecular weight excluding hydrogens is 238 g/mol. The maximum absolute atomic E-state index is 5.57. The number of aromatic nitrogens is 2. The van der Waals surface area contributed by atoms with E-state index in [1.165, 1.54) is 11.3 Å². The summed E-state index contributed by atoms with van der Waals surface area (Å²) >= 11 is 0. The molecule has 4 heteroatoms. The molecule has 1 N–H and O–H groups in total. The number of rotatable bonds is 5. The van der Waals surface area contributed by atoms with Crippen LogP contribution in [0, 0.1) is 20.8 Å². The third-order valence-corrected chi connectivity index (χ3v) is 3.55. The van der Waals surface area contributed by atoms with Gasteiger partial charge < -0.3 is 9.73 Å². The average Bonchev–Trinajstić information content (AvgIpc) is 2.90. The molecule has 1 atom stereocenters. The molecule has 0 aliphatic carbocycles. The molecule has 2 aromatic rings. The van der Waals surface area contributed by atoms with Crippen LogP contribution in [0.4, 0.5) is 0 Å². The molecule has 2 heterocycles. The lowest BCUT2D eigenvalue weighted by molar-refractivity contribution is 0.443. The van der Waals surface area contributed by atoms with Crippen molar-refractivity contribution < 1.29 is 4.42 Å². The lowest BCUT2D eigenvalue weighted by Crippen LogP contribution is -2.19. The third kappa shape index (κ3) is 2.89. The quantitative estimate of drug-likeness (QED) is 0.898. The predicted octanol–water partition coefficient (Wildman–Crippen LogP) is 3.27. The molecule has 0 saturated heterocycles. The molecule has 0 amide bonds. The normalized spacial score (nSPS) is 12.9. The van der Waals surface area contributed by atoms with E-state index in [-0.39, 0.29) is 6.04 Å². The number of furan rings is 1. The zero-order valence-corrected chi connectivity index (χ0v) is 12.4. The largest absolute Gasteiger partial charge is 0.465 e. The van der Waals surface area contributed by atoms with Crippen LogP contribution in [0.1, 0.15) is 48.4 Å². The number of nitrogens with one attached hydrogen (secondary N) is 1. The van der Waals surface area contributed by atoms with Gasteiger partial charge >= 0.3 is 0 Å². The van der Waals surface area contributed by atoms with Gasteiger partial charge in [-0.05, 0) is 46.8 Å². The van der Waals surface area contributed by atoms with E-state index in [0.717, 1.165) is 30.3 Å². The first-order chi connectivity index (χ1) is 9.02. The molecule has 0 aromatic carbocycles. The van der Waals surface area contributed by atoms with Crippen LogP contribution in [0.15, 0.2) is 16.5 Å². The number of hydrogen-bond acceptors (Lipinski definition) is 3. The van der Waals surface area contributed by atoms with Crippen LogP contribution in [0.5, 0.6) is 0 Å². The summed E-state index contributed by atoms with van der Waals surface area (Å²) in [6, 6.07) is 4.28. The van der Waals surface area contributed by atoms with Crippen LogP contribution < -0.4 is 5.32 Å². The molecule has 2 aromatic heterocycles. The molecular formula is C15H23N3O. The fraction of sp³-hybridized carbons (Fsp3) is 0.533. The maximum atomic E-state index is 5.57. The molecule has 0 bridgehead atoms. The lowest BCUT2D eigenvalue weighted by atomic mass is 10.1. The smallest absolute Gasteiger partial charge is 0.117 e. The fourth-order valence-corrected chi connectivity index (χ4v) is 2.58. The predicted molar refractivity (Wildman–Crippen MR) is 76.1 cm³/mol. The van der Waals surface area contributed by atoms with Gasteiger partial charge in [0.05, 0.1) is 12.2 Å². The second-order valence-electron chi connectivity index (χ2n) is 5.02. The van der Waals surface area contributed by atoms with Crippen LogP contribution in [0.2, 0.25) is 0 Å². The van der Waals surface area contributed by atoms with Gasteiger partial charge in [-0.1, -0.05) is 0 Å². The van der Waals surface area contributed by atoms with Gasteiger partial charge in [-0.25, -0.2) is 0 Å². The summed E-state index contributed by atoms with van der Waals surface area (Å²) in [5.74, 6) is 1.93. The summed E-state index contributed by atoms with van der Waals surface area (Å²) in [4.78, 5) is 0. The Hall–Kier alpha value is -1.55. The molecule has 19 heavy (non-hydrogen) atoms. The Morgan fingerprint density at radius 2 is 2.05 bits per heavy atom. The number of hydrogen-bond donors (Lipinski definition) is 1. The second kappa shape index (κ2) is 5.61. The van der Waals surface area contributed by atoms with Crippen molar-refractivity contribution in [1.82, 2.24) is 15.1 Å². The van der Waals surface area contributed by atoms with Gasteiger partial charge in [0.2, 0.25) is 0 Å². The van der Waals surface area contributed by atoms with E-state index in [0.29, 0.717) is 0 Å². The number of nitrogens with zero attached hydrogens (tertiary/aromatic N) is 2. The van der Waals surface area contributed by atoms with Crippen LogP contribution in [-0.4, -0.2) is 9.78 Å². The summed E-state index contributed by atoms with van der Waals surface area (Å²) in [5, 5.41) is 8.06. The molecule has 0 spiro atoms. The highest BCUT2D eigenvalue weighted by molar-refractivity contribution is 5.27. The first-order valence-corrected chi connectivity index (χ1v) is 6.85. The van der Waals surface area contributed by atoms with Gasteiger partial charge in [0.1, 0.15) is 11.5 Å². The Morgan fingerprint density at radius 3 is 2.58 bits per heavy atom. The molecule has 104 valence electrons. The Balaban J connectivity index is 2.07. The van der Waals surface area contributed by atoms with Crippen molar-refractivity contribution in [3.05, 3.63) is 40.6 Å². The summed E-state index contributed by atoms with van der Waals surface area (Å²) in [6.07, 6.45) is 0. The molecule has 1 unspecified atom stereocenters. The van der Waals surface area contributed by atoms with Gasteiger partial charge in [-0.3, -0.25) is 4.68 Å². The summed E-state index contributed by atoms with van der Waals surface area (Å²) in [6.45, 7) is 12.1. The van der Waals surface area contributed by atoms with Crippen molar-refractivity contribution in [2.24, 2.45) is 0 Å². The Labute approximate surface area is 114 Å². The van der Waals surface area contributed by atoms with Crippen LogP contribution in [-0.2, 0) is 13.1 Å². The fourth-order valence-electron chi connectivity index (χ4n) is 2.58. The highest BCUT2D eigenvalue weighted by atomic mass is 16.3. The monoisotopic (exact) mass is 261 g/mol. The first-order valence-electron chi connectivity index (χ1n) is 6.85. The SMILES string of the molecule is CCn1nc(C)c(C(C)NCc2ccc(C)o2)c1C. The summed E-state index contributed by atoms with van der Waals surface area (Å²) in [5.41, 5.74) is 3.65. The van der Waals surface area contributed by atoms with E-state index < -0.39 is 0 Å². The van der Waals surface area contributed by atoms with Crippen molar-refractivity contribution in [2.75, 3.05) is 0 Å². The van der Waals surface area contributed by atoms with Crippen molar-refractivity contribution in [2.45, 2.75) is 53.8 Å². The van der Waals surface area contributed by atoms with E-state index in [1.54, 1.807) is 0 Å². The molecule has 2 rings (SSSR count). The second-order valence-corrected chi connectivity index (χ2v) is 5.02. The van der Waals surface area contributed by atoms with Gasteiger partial charge in [-0.2, -0.15) is 5.10 Å². The minimum Gasteiger partial charge on any atom is -0.465 e. The lowest BCUT2D eigenvalue weighted by Gasteiger charge is -2.14.